The molecule has 0 aliphatic carbocycles. The predicted octanol–water partition coefficient (Wildman–Crippen LogP) is 2.12. The lowest BCUT2D eigenvalue weighted by molar-refractivity contribution is -0.114. The van der Waals surface area contributed by atoms with Crippen molar-refractivity contribution in [3.63, 3.8) is 0 Å². The molecule has 2 aromatic rings. The van der Waals surface area contributed by atoms with Gasteiger partial charge in [-0.15, -0.1) is 0 Å². The molecule has 130 valence electrons. The first-order valence-electron chi connectivity index (χ1n) is 8.21. The molecular formula is C18H20N4O3. The molecule has 1 aliphatic heterocycles. The maximum absolute atomic E-state index is 12.6. The van der Waals surface area contributed by atoms with Crippen LogP contribution in [0.2, 0.25) is 0 Å². The molecule has 0 saturated carbocycles. The molecule has 0 bridgehead atoms. The van der Waals surface area contributed by atoms with Crippen LogP contribution in [0.15, 0.2) is 42.9 Å². The van der Waals surface area contributed by atoms with Crippen molar-refractivity contribution in [3.8, 4) is 5.88 Å². The molecular weight excluding hydrogens is 320 g/mol. The summed E-state index contributed by atoms with van der Waals surface area (Å²) in [5, 5.41) is 2.69. The van der Waals surface area contributed by atoms with Gasteiger partial charge >= 0.3 is 0 Å². The molecule has 0 unspecified atom stereocenters. The van der Waals surface area contributed by atoms with Crippen LogP contribution in [0.4, 0.5) is 5.69 Å². The van der Waals surface area contributed by atoms with Gasteiger partial charge in [-0.25, -0.2) is 9.97 Å². The molecule has 0 atom stereocenters. The summed E-state index contributed by atoms with van der Waals surface area (Å²) >= 11 is 0. The van der Waals surface area contributed by atoms with Gasteiger partial charge in [0.05, 0.1) is 0 Å². The smallest absolute Gasteiger partial charge is 0.253 e. The number of benzene rings is 1. The van der Waals surface area contributed by atoms with Crippen molar-refractivity contribution in [1.29, 1.82) is 0 Å². The van der Waals surface area contributed by atoms with Crippen LogP contribution in [-0.4, -0.2) is 45.9 Å². The van der Waals surface area contributed by atoms with Crippen molar-refractivity contribution in [2.45, 2.75) is 25.9 Å². The third-order valence-corrected chi connectivity index (χ3v) is 4.02. The standard InChI is InChI=1S/C18H20N4O3/c1-13(23)21-15-4-2-14(3-5-15)18(24)22-10-7-16(8-11-22)25-17-6-9-19-12-20-17/h2-6,9,12,16H,7-8,10-11H2,1H3,(H,21,23). The fraction of sp³-hybridized carbons (Fsp3) is 0.333. The van der Waals surface area contributed by atoms with Gasteiger partial charge < -0.3 is 15.0 Å². The molecule has 3 rings (SSSR count). The van der Waals surface area contributed by atoms with Crippen molar-refractivity contribution < 1.29 is 14.3 Å². The van der Waals surface area contributed by atoms with Crippen molar-refractivity contribution in [2.24, 2.45) is 0 Å². The molecule has 25 heavy (non-hydrogen) atoms. The number of amides is 2. The number of rotatable bonds is 4. The largest absolute Gasteiger partial charge is 0.474 e. The monoisotopic (exact) mass is 340 g/mol. The Morgan fingerprint density at radius 2 is 1.88 bits per heavy atom. The van der Waals surface area contributed by atoms with Gasteiger partial charge in [0, 0.05) is 56.4 Å². The minimum absolute atomic E-state index is 0.00476. The average Bonchev–Trinajstić information content (AvgIpc) is 2.63. The van der Waals surface area contributed by atoms with E-state index >= 15 is 0 Å². The summed E-state index contributed by atoms with van der Waals surface area (Å²) in [4.78, 5) is 33.4. The number of nitrogens with one attached hydrogen (secondary N) is 1. The Morgan fingerprint density at radius 3 is 2.48 bits per heavy atom. The molecule has 1 aromatic carbocycles. The number of hydrogen-bond acceptors (Lipinski definition) is 5. The van der Waals surface area contributed by atoms with Crippen LogP contribution < -0.4 is 10.1 Å². The van der Waals surface area contributed by atoms with E-state index in [1.54, 1.807) is 36.5 Å². The summed E-state index contributed by atoms with van der Waals surface area (Å²) in [6.45, 7) is 2.73. The van der Waals surface area contributed by atoms with E-state index in [4.69, 9.17) is 4.74 Å². The molecule has 1 saturated heterocycles. The molecule has 7 heteroatoms. The second-order valence-electron chi connectivity index (χ2n) is 5.92. The van der Waals surface area contributed by atoms with Crippen LogP contribution in [0.25, 0.3) is 0 Å². The zero-order chi connectivity index (χ0) is 17.6. The van der Waals surface area contributed by atoms with Gasteiger partial charge in [-0.1, -0.05) is 0 Å². The second-order valence-corrected chi connectivity index (χ2v) is 5.92. The van der Waals surface area contributed by atoms with Crippen molar-refractivity contribution in [1.82, 2.24) is 14.9 Å². The Labute approximate surface area is 146 Å². The van der Waals surface area contributed by atoms with E-state index in [9.17, 15) is 9.59 Å². The number of hydrogen-bond donors (Lipinski definition) is 1. The topological polar surface area (TPSA) is 84.4 Å². The van der Waals surface area contributed by atoms with E-state index in [0.717, 1.165) is 12.8 Å². The minimum Gasteiger partial charge on any atom is -0.474 e. The number of anilines is 1. The molecule has 1 fully saturated rings. The van der Waals surface area contributed by atoms with Crippen LogP contribution in [0.3, 0.4) is 0 Å². The van der Waals surface area contributed by atoms with Gasteiger partial charge in [0.25, 0.3) is 5.91 Å². The highest BCUT2D eigenvalue weighted by atomic mass is 16.5. The Kier molecular flexibility index (Phi) is 5.23. The summed E-state index contributed by atoms with van der Waals surface area (Å²) in [6.07, 6.45) is 4.69. The molecule has 2 amide bonds. The fourth-order valence-corrected chi connectivity index (χ4v) is 2.78. The van der Waals surface area contributed by atoms with Crippen molar-refractivity contribution in [3.05, 3.63) is 48.4 Å². The van der Waals surface area contributed by atoms with Gasteiger partial charge in [0.15, 0.2) is 0 Å². The summed E-state index contributed by atoms with van der Waals surface area (Å²) < 4.78 is 5.81. The maximum Gasteiger partial charge on any atom is 0.253 e. The third-order valence-electron chi connectivity index (χ3n) is 4.02. The molecule has 7 nitrogen and oxygen atoms in total. The number of aromatic nitrogens is 2. The van der Waals surface area contributed by atoms with Crippen molar-refractivity contribution in [2.75, 3.05) is 18.4 Å². The minimum atomic E-state index is -0.134. The Bertz CT molecular complexity index is 726. The van der Waals surface area contributed by atoms with Gasteiger partial charge in [-0.2, -0.15) is 0 Å². The van der Waals surface area contributed by atoms with E-state index in [2.05, 4.69) is 15.3 Å². The van der Waals surface area contributed by atoms with E-state index in [-0.39, 0.29) is 17.9 Å². The Morgan fingerprint density at radius 1 is 1.16 bits per heavy atom. The Hall–Kier alpha value is -2.96. The first-order chi connectivity index (χ1) is 12.1. The molecule has 1 aliphatic rings. The first-order valence-corrected chi connectivity index (χ1v) is 8.21. The highest BCUT2D eigenvalue weighted by Gasteiger charge is 2.24. The number of carbonyl (C=O) groups is 2. The normalized spacial score (nSPS) is 14.8. The van der Waals surface area contributed by atoms with E-state index < -0.39 is 0 Å². The molecule has 0 spiro atoms. The number of carbonyl (C=O) groups excluding carboxylic acids is 2. The third kappa shape index (κ3) is 4.53. The van der Waals surface area contributed by atoms with Gasteiger partial charge in [-0.05, 0) is 24.3 Å². The SMILES string of the molecule is CC(=O)Nc1ccc(C(=O)N2CCC(Oc3ccncn3)CC2)cc1. The molecule has 2 heterocycles. The fourth-order valence-electron chi connectivity index (χ4n) is 2.78. The lowest BCUT2D eigenvalue weighted by Crippen LogP contribution is -2.41. The lowest BCUT2D eigenvalue weighted by atomic mass is 10.1. The second kappa shape index (κ2) is 7.74. The van der Waals surface area contributed by atoms with Crippen LogP contribution in [0.5, 0.6) is 5.88 Å². The molecule has 0 radical (unpaired) electrons. The predicted molar refractivity (Wildman–Crippen MR) is 92.3 cm³/mol. The Balaban J connectivity index is 1.53. The number of nitrogens with zero attached hydrogens (tertiary/aromatic N) is 3. The highest BCUT2D eigenvalue weighted by molar-refractivity contribution is 5.95. The van der Waals surface area contributed by atoms with Crippen LogP contribution in [-0.2, 0) is 4.79 Å². The number of ether oxygens (including phenoxy) is 1. The van der Waals surface area contributed by atoms with Crippen LogP contribution in [0, 0.1) is 0 Å². The summed E-state index contributed by atoms with van der Waals surface area (Å²) in [5.74, 6) is 0.424. The van der Waals surface area contributed by atoms with Gasteiger partial charge in [-0.3, -0.25) is 9.59 Å². The van der Waals surface area contributed by atoms with Crippen LogP contribution >= 0.6 is 0 Å². The van der Waals surface area contributed by atoms with E-state index in [0.29, 0.717) is 30.2 Å². The molecule has 1 aromatic heterocycles. The number of piperidine rings is 1. The zero-order valence-electron chi connectivity index (χ0n) is 14.0. The van der Waals surface area contributed by atoms with Gasteiger partial charge in [0.1, 0.15) is 12.4 Å². The summed E-state index contributed by atoms with van der Waals surface area (Å²) in [7, 11) is 0. The maximum atomic E-state index is 12.6. The van der Waals surface area contributed by atoms with Gasteiger partial charge in [0.2, 0.25) is 11.8 Å². The van der Waals surface area contributed by atoms with Crippen LogP contribution in [0.1, 0.15) is 30.1 Å². The zero-order valence-corrected chi connectivity index (χ0v) is 14.0. The quantitative estimate of drug-likeness (QED) is 0.921. The highest BCUT2D eigenvalue weighted by Crippen LogP contribution is 2.19. The lowest BCUT2D eigenvalue weighted by Gasteiger charge is -2.32. The van der Waals surface area contributed by atoms with Crippen molar-refractivity contribution >= 4 is 17.5 Å². The van der Waals surface area contributed by atoms with E-state index in [1.807, 2.05) is 4.90 Å². The van der Waals surface area contributed by atoms with E-state index in [1.165, 1.54) is 13.3 Å². The summed E-state index contributed by atoms with van der Waals surface area (Å²) in [6, 6.07) is 8.67. The average molecular weight is 340 g/mol. The number of likely N-dealkylation sites (tertiary alicyclic amines) is 1. The summed E-state index contributed by atoms with van der Waals surface area (Å²) in [5.41, 5.74) is 1.30. The first kappa shape index (κ1) is 16.9. The molecule has 1 N–H and O–H groups in total.